The second kappa shape index (κ2) is 8.44. The maximum absolute atomic E-state index is 11.9. The van der Waals surface area contributed by atoms with Gasteiger partial charge in [-0.05, 0) is 63.7 Å². The molecule has 0 radical (unpaired) electrons. The SMILES string of the molecule is CCCCCNc1ccc2c(c1)[Si](C)(C)C1=CC(=N)C=CC1=C2c1sccc1C(=O)O. The molecular weight excluding hydrogens is 420 g/mol. The van der Waals surface area contributed by atoms with Gasteiger partial charge in [0.2, 0.25) is 0 Å². The molecule has 0 spiro atoms. The fourth-order valence-corrected chi connectivity index (χ4v) is 8.53. The summed E-state index contributed by atoms with van der Waals surface area (Å²) in [6.45, 7) is 7.81. The van der Waals surface area contributed by atoms with Crippen LogP contribution in [0.3, 0.4) is 0 Å². The third kappa shape index (κ3) is 3.86. The fourth-order valence-electron chi connectivity index (χ4n) is 4.48. The molecule has 4 nitrogen and oxygen atoms in total. The molecule has 0 fully saturated rings. The Bertz CT molecular complexity index is 1150. The van der Waals surface area contributed by atoms with Crippen molar-refractivity contribution in [3.05, 3.63) is 74.6 Å². The molecule has 1 aliphatic heterocycles. The van der Waals surface area contributed by atoms with E-state index in [-0.39, 0.29) is 0 Å². The van der Waals surface area contributed by atoms with Crippen LogP contribution in [-0.4, -0.2) is 31.4 Å². The number of carboxylic acids is 1. The van der Waals surface area contributed by atoms with E-state index >= 15 is 0 Å². The van der Waals surface area contributed by atoms with E-state index < -0.39 is 14.0 Å². The van der Waals surface area contributed by atoms with Gasteiger partial charge in [0.15, 0.2) is 0 Å². The lowest BCUT2D eigenvalue weighted by Gasteiger charge is -2.37. The molecule has 6 heteroatoms. The number of carbonyl (C=O) groups is 1. The highest BCUT2D eigenvalue weighted by atomic mass is 32.1. The minimum Gasteiger partial charge on any atom is -0.478 e. The average Bonchev–Trinajstić information content (AvgIpc) is 3.22. The molecule has 4 rings (SSSR count). The number of fused-ring (bicyclic) bond motifs is 2. The molecular formula is C25H28N2O2SSi. The van der Waals surface area contributed by atoms with Gasteiger partial charge in [-0.1, -0.05) is 45.0 Å². The van der Waals surface area contributed by atoms with Crippen molar-refractivity contribution in [2.45, 2.75) is 39.3 Å². The van der Waals surface area contributed by atoms with Crippen molar-refractivity contribution in [3.63, 3.8) is 0 Å². The molecule has 0 unspecified atom stereocenters. The molecule has 0 saturated carbocycles. The second-order valence-electron chi connectivity index (χ2n) is 8.62. The number of hydrogen-bond acceptors (Lipinski definition) is 4. The number of carboxylic acid groups (broad SMARTS) is 1. The molecule has 160 valence electrons. The predicted octanol–water partition coefficient (Wildman–Crippen LogP) is 5.83. The Hall–Kier alpha value is -2.70. The Balaban J connectivity index is 1.90. The molecule has 0 amide bonds. The molecule has 2 aliphatic rings. The van der Waals surface area contributed by atoms with E-state index in [0.29, 0.717) is 11.3 Å². The van der Waals surface area contributed by atoms with Crippen molar-refractivity contribution in [3.8, 4) is 0 Å². The van der Waals surface area contributed by atoms with Crippen LogP contribution in [0.5, 0.6) is 0 Å². The Morgan fingerprint density at radius 2 is 2.00 bits per heavy atom. The van der Waals surface area contributed by atoms with Crippen LogP contribution in [0.2, 0.25) is 13.1 Å². The first kappa shape index (κ1) is 21.5. The van der Waals surface area contributed by atoms with Gasteiger partial charge < -0.3 is 15.8 Å². The van der Waals surface area contributed by atoms with Gasteiger partial charge in [-0.15, -0.1) is 11.3 Å². The smallest absolute Gasteiger partial charge is 0.337 e. The van der Waals surface area contributed by atoms with Gasteiger partial charge in [0.05, 0.1) is 11.3 Å². The van der Waals surface area contributed by atoms with E-state index in [2.05, 4.69) is 43.5 Å². The van der Waals surface area contributed by atoms with Crippen molar-refractivity contribution in [1.82, 2.24) is 0 Å². The van der Waals surface area contributed by atoms with Crippen LogP contribution in [0.4, 0.5) is 5.69 Å². The third-order valence-electron chi connectivity index (χ3n) is 6.16. The summed E-state index contributed by atoms with van der Waals surface area (Å²) in [4.78, 5) is 12.7. The summed E-state index contributed by atoms with van der Waals surface area (Å²) in [6.07, 6.45) is 9.36. The maximum atomic E-state index is 11.9. The lowest BCUT2D eigenvalue weighted by atomic mass is 9.92. The maximum Gasteiger partial charge on any atom is 0.337 e. The Labute approximate surface area is 188 Å². The number of allylic oxidation sites excluding steroid dienone is 5. The summed E-state index contributed by atoms with van der Waals surface area (Å²) in [7, 11) is -2.07. The van der Waals surface area contributed by atoms with Crippen LogP contribution in [0.15, 0.2) is 58.6 Å². The molecule has 2 aromatic rings. The van der Waals surface area contributed by atoms with Gasteiger partial charge in [0, 0.05) is 22.7 Å². The molecule has 0 atom stereocenters. The largest absolute Gasteiger partial charge is 0.478 e. The summed E-state index contributed by atoms with van der Waals surface area (Å²) in [6, 6.07) is 8.23. The standard InChI is InChI=1S/C25H28N2O2SSi/c1-4-5-6-12-27-17-8-10-19-22(15-17)31(2,3)21-14-16(26)7-9-18(21)23(19)24-20(25(28)29)11-13-30-24/h7-11,13-15,26-27H,4-6,12H2,1-3H3,(H,28,29). The highest BCUT2D eigenvalue weighted by Gasteiger charge is 2.40. The zero-order chi connectivity index (χ0) is 22.2. The number of benzene rings is 1. The molecule has 3 N–H and O–H groups in total. The van der Waals surface area contributed by atoms with Gasteiger partial charge in [-0.2, -0.15) is 0 Å². The van der Waals surface area contributed by atoms with Gasteiger partial charge in [-0.3, -0.25) is 0 Å². The first-order chi connectivity index (χ1) is 14.8. The molecule has 1 aliphatic carbocycles. The number of nitrogens with one attached hydrogen (secondary N) is 2. The Kier molecular flexibility index (Phi) is 5.86. The van der Waals surface area contributed by atoms with E-state index in [1.54, 1.807) is 6.07 Å². The fraction of sp³-hybridized carbons (Fsp3) is 0.280. The third-order valence-corrected chi connectivity index (χ3v) is 10.6. The first-order valence-electron chi connectivity index (χ1n) is 10.8. The minimum absolute atomic E-state index is 0.343. The topological polar surface area (TPSA) is 73.2 Å². The first-order valence-corrected chi connectivity index (χ1v) is 14.7. The van der Waals surface area contributed by atoms with E-state index in [4.69, 9.17) is 5.41 Å². The monoisotopic (exact) mass is 448 g/mol. The molecule has 0 bridgehead atoms. The van der Waals surface area contributed by atoms with E-state index in [0.717, 1.165) is 40.2 Å². The van der Waals surface area contributed by atoms with Crippen molar-refractivity contribution in [1.29, 1.82) is 5.41 Å². The highest BCUT2D eigenvalue weighted by molar-refractivity contribution is 7.11. The van der Waals surface area contributed by atoms with Crippen LogP contribution in [0.25, 0.3) is 5.57 Å². The average molecular weight is 449 g/mol. The van der Waals surface area contributed by atoms with Crippen molar-refractivity contribution in [2.24, 2.45) is 0 Å². The molecule has 31 heavy (non-hydrogen) atoms. The predicted molar refractivity (Wildman–Crippen MR) is 134 cm³/mol. The number of aromatic carboxylic acids is 1. The van der Waals surface area contributed by atoms with E-state index in [9.17, 15) is 9.90 Å². The quantitative estimate of drug-likeness (QED) is 0.368. The van der Waals surface area contributed by atoms with Crippen molar-refractivity contribution in [2.75, 3.05) is 11.9 Å². The van der Waals surface area contributed by atoms with E-state index in [1.165, 1.54) is 34.6 Å². The van der Waals surface area contributed by atoms with Gasteiger partial charge in [-0.25, -0.2) is 4.79 Å². The minimum atomic E-state index is -2.07. The number of anilines is 1. The lowest BCUT2D eigenvalue weighted by Crippen LogP contribution is -2.49. The second-order valence-corrected chi connectivity index (χ2v) is 13.9. The number of rotatable bonds is 7. The Morgan fingerprint density at radius 3 is 2.74 bits per heavy atom. The molecule has 1 aromatic heterocycles. The highest BCUT2D eigenvalue weighted by Crippen LogP contribution is 2.43. The number of hydrogen-bond donors (Lipinski definition) is 3. The van der Waals surface area contributed by atoms with Crippen LogP contribution in [0, 0.1) is 5.41 Å². The molecule has 1 aromatic carbocycles. The summed E-state index contributed by atoms with van der Waals surface area (Å²) in [5.41, 5.74) is 5.15. The number of unbranched alkanes of at least 4 members (excludes halogenated alkanes) is 2. The van der Waals surface area contributed by atoms with E-state index in [1.807, 2.05) is 23.6 Å². The van der Waals surface area contributed by atoms with Crippen molar-refractivity contribution < 1.29 is 9.90 Å². The number of thiophene rings is 1. The zero-order valence-electron chi connectivity index (χ0n) is 18.2. The molecule has 0 saturated heterocycles. The van der Waals surface area contributed by atoms with Gasteiger partial charge >= 0.3 is 5.97 Å². The van der Waals surface area contributed by atoms with Crippen LogP contribution >= 0.6 is 11.3 Å². The van der Waals surface area contributed by atoms with Crippen LogP contribution in [0.1, 0.15) is 47.0 Å². The van der Waals surface area contributed by atoms with Gasteiger partial charge in [0.25, 0.3) is 0 Å². The zero-order valence-corrected chi connectivity index (χ0v) is 20.0. The van der Waals surface area contributed by atoms with Gasteiger partial charge in [0.1, 0.15) is 8.07 Å². The normalized spacial score (nSPS) is 16.6. The summed E-state index contributed by atoms with van der Waals surface area (Å²) in [5, 5.41) is 25.9. The lowest BCUT2D eigenvalue weighted by molar-refractivity contribution is 0.0697. The Morgan fingerprint density at radius 1 is 1.19 bits per heavy atom. The van der Waals surface area contributed by atoms with Crippen LogP contribution < -0.4 is 10.5 Å². The summed E-state index contributed by atoms with van der Waals surface area (Å²) >= 11 is 1.47. The van der Waals surface area contributed by atoms with Crippen LogP contribution in [-0.2, 0) is 0 Å². The van der Waals surface area contributed by atoms with Crippen molar-refractivity contribution >= 4 is 47.5 Å². The summed E-state index contributed by atoms with van der Waals surface area (Å²) < 4.78 is 0. The molecule has 2 heterocycles. The summed E-state index contributed by atoms with van der Waals surface area (Å²) in [5.74, 6) is -0.903.